The van der Waals surface area contributed by atoms with Gasteiger partial charge in [0, 0.05) is 17.9 Å². The summed E-state index contributed by atoms with van der Waals surface area (Å²) in [4.78, 5) is 27.1. The molecule has 8 nitrogen and oxygen atoms in total. The Morgan fingerprint density at radius 3 is 2.43 bits per heavy atom. The van der Waals surface area contributed by atoms with E-state index < -0.39 is 0 Å². The number of nitrogens with zero attached hydrogens (tertiary/aromatic N) is 3. The number of para-hydroxylation sites is 1. The number of H-pyrrole nitrogens is 1. The molecule has 2 aromatic heterocycles. The van der Waals surface area contributed by atoms with Crippen LogP contribution in [-0.4, -0.2) is 46.0 Å². The maximum Gasteiger partial charge on any atom is 0.261 e. The first-order chi connectivity index (χ1) is 16.5. The SMILES string of the molecule is CN1CCC(Nc2nc(Nc3ccc(Oc4ccccc4)cc3)c3c(=O)[nH]cc(Br)c3n2)CC1.Cl. The molecule has 5 rings (SSSR count). The zero-order chi connectivity index (χ0) is 23.5. The second-order valence-electron chi connectivity index (χ2n) is 8.37. The number of aromatic nitrogens is 3. The number of aromatic amines is 1. The Kier molecular flexibility index (Phi) is 7.90. The van der Waals surface area contributed by atoms with Gasteiger partial charge in [0.2, 0.25) is 5.95 Å². The number of likely N-dealkylation sites (tertiary alicyclic amines) is 1. The Bertz CT molecular complexity index is 1340. The van der Waals surface area contributed by atoms with Gasteiger partial charge in [0.1, 0.15) is 22.7 Å². The molecule has 10 heteroatoms. The van der Waals surface area contributed by atoms with Gasteiger partial charge in [0.15, 0.2) is 0 Å². The number of hydrogen-bond acceptors (Lipinski definition) is 7. The second-order valence-corrected chi connectivity index (χ2v) is 9.23. The minimum absolute atomic E-state index is 0. The molecule has 0 aliphatic carbocycles. The number of pyridine rings is 1. The zero-order valence-electron chi connectivity index (χ0n) is 19.1. The van der Waals surface area contributed by atoms with Crippen molar-refractivity contribution in [2.75, 3.05) is 30.8 Å². The highest BCUT2D eigenvalue weighted by Gasteiger charge is 2.20. The fourth-order valence-corrected chi connectivity index (χ4v) is 4.38. The van der Waals surface area contributed by atoms with Crippen molar-refractivity contribution in [3.8, 4) is 11.5 Å². The number of nitrogens with one attached hydrogen (secondary N) is 3. The van der Waals surface area contributed by atoms with Crippen LogP contribution in [0.1, 0.15) is 12.8 Å². The predicted octanol–water partition coefficient (Wildman–Crippen LogP) is 5.54. The Labute approximate surface area is 217 Å². The predicted molar refractivity (Wildman–Crippen MR) is 145 cm³/mol. The Morgan fingerprint density at radius 2 is 1.71 bits per heavy atom. The number of benzene rings is 2. The molecule has 2 aromatic carbocycles. The summed E-state index contributed by atoms with van der Waals surface area (Å²) in [7, 11) is 2.13. The average molecular weight is 558 g/mol. The van der Waals surface area contributed by atoms with E-state index in [9.17, 15) is 4.79 Å². The van der Waals surface area contributed by atoms with E-state index in [1.54, 1.807) is 6.20 Å². The number of anilines is 3. The van der Waals surface area contributed by atoms with Crippen LogP contribution in [0.2, 0.25) is 0 Å². The first-order valence-electron chi connectivity index (χ1n) is 11.2. The molecule has 0 radical (unpaired) electrons. The van der Waals surface area contributed by atoms with Gasteiger partial charge in [-0.1, -0.05) is 18.2 Å². The maximum absolute atomic E-state index is 12.7. The standard InChI is InChI=1S/C25H25BrN6O2.ClH/c1-32-13-11-17(12-14-32)29-25-30-22-20(26)15-27-24(33)21(22)23(31-25)28-16-7-9-19(10-8-16)34-18-5-3-2-4-6-18;/h2-10,15,17H,11-14H2,1H3,(H,27,33)(H2,28,29,30,31);1H. The highest BCUT2D eigenvalue weighted by molar-refractivity contribution is 9.10. The van der Waals surface area contributed by atoms with E-state index in [0.29, 0.717) is 27.1 Å². The molecule has 0 spiro atoms. The van der Waals surface area contributed by atoms with E-state index in [1.807, 2.05) is 54.6 Å². The van der Waals surface area contributed by atoms with E-state index in [4.69, 9.17) is 4.74 Å². The molecule has 35 heavy (non-hydrogen) atoms. The topological polar surface area (TPSA) is 95.2 Å². The quantitative estimate of drug-likeness (QED) is 0.286. The minimum atomic E-state index is -0.254. The van der Waals surface area contributed by atoms with Gasteiger partial charge < -0.3 is 25.3 Å². The van der Waals surface area contributed by atoms with Gasteiger partial charge in [-0.05, 0) is 85.3 Å². The van der Waals surface area contributed by atoms with Crippen LogP contribution in [-0.2, 0) is 0 Å². The summed E-state index contributed by atoms with van der Waals surface area (Å²) >= 11 is 3.52. The Hall–Kier alpha value is -3.14. The minimum Gasteiger partial charge on any atom is -0.457 e. The molecule has 3 heterocycles. The van der Waals surface area contributed by atoms with Crippen molar-refractivity contribution in [2.45, 2.75) is 18.9 Å². The lowest BCUT2D eigenvalue weighted by Crippen LogP contribution is -2.37. The molecule has 182 valence electrons. The van der Waals surface area contributed by atoms with Crippen LogP contribution >= 0.6 is 28.3 Å². The summed E-state index contributed by atoms with van der Waals surface area (Å²) in [5.41, 5.74) is 1.08. The van der Waals surface area contributed by atoms with Crippen LogP contribution in [0.4, 0.5) is 17.5 Å². The number of hydrogen-bond donors (Lipinski definition) is 3. The van der Waals surface area contributed by atoms with Crippen LogP contribution in [0, 0.1) is 0 Å². The molecule has 1 saturated heterocycles. The molecule has 0 amide bonds. The Balaban J connectivity index is 0.00000289. The van der Waals surface area contributed by atoms with Crippen molar-refractivity contribution in [3.63, 3.8) is 0 Å². The average Bonchev–Trinajstić information content (AvgIpc) is 2.85. The summed E-state index contributed by atoms with van der Waals surface area (Å²) in [5.74, 6) is 2.43. The third-order valence-corrected chi connectivity index (χ3v) is 6.44. The molecule has 3 N–H and O–H groups in total. The van der Waals surface area contributed by atoms with Gasteiger partial charge in [-0.2, -0.15) is 4.98 Å². The molecule has 0 unspecified atom stereocenters. The molecule has 1 aliphatic rings. The van der Waals surface area contributed by atoms with Crippen LogP contribution in [0.5, 0.6) is 11.5 Å². The fourth-order valence-electron chi connectivity index (χ4n) is 3.98. The van der Waals surface area contributed by atoms with Crippen molar-refractivity contribution in [3.05, 3.63) is 75.6 Å². The number of piperidine rings is 1. The van der Waals surface area contributed by atoms with Crippen LogP contribution in [0.25, 0.3) is 10.9 Å². The van der Waals surface area contributed by atoms with Crippen LogP contribution in [0.3, 0.4) is 0 Å². The first-order valence-corrected chi connectivity index (χ1v) is 12.0. The van der Waals surface area contributed by atoms with Crippen molar-refractivity contribution in [1.29, 1.82) is 0 Å². The lowest BCUT2D eigenvalue weighted by Gasteiger charge is -2.29. The van der Waals surface area contributed by atoms with Gasteiger partial charge in [-0.25, -0.2) is 4.98 Å². The van der Waals surface area contributed by atoms with Crippen molar-refractivity contribution in [2.24, 2.45) is 0 Å². The summed E-state index contributed by atoms with van der Waals surface area (Å²) in [6, 6.07) is 17.4. The van der Waals surface area contributed by atoms with E-state index >= 15 is 0 Å². The van der Waals surface area contributed by atoms with Crippen molar-refractivity contribution < 1.29 is 4.74 Å². The fraction of sp³-hybridized carbons (Fsp3) is 0.240. The summed E-state index contributed by atoms with van der Waals surface area (Å²) < 4.78 is 6.57. The number of halogens is 2. The van der Waals surface area contributed by atoms with Gasteiger partial charge >= 0.3 is 0 Å². The summed E-state index contributed by atoms with van der Waals surface area (Å²) in [6.07, 6.45) is 3.64. The van der Waals surface area contributed by atoms with Crippen molar-refractivity contribution >= 4 is 56.7 Å². The first kappa shape index (κ1) is 25.0. The zero-order valence-corrected chi connectivity index (χ0v) is 21.5. The van der Waals surface area contributed by atoms with E-state index in [1.165, 1.54) is 0 Å². The number of ether oxygens (including phenoxy) is 1. The number of rotatable bonds is 6. The third kappa shape index (κ3) is 5.93. The number of fused-ring (bicyclic) bond motifs is 1. The highest BCUT2D eigenvalue weighted by Crippen LogP contribution is 2.29. The van der Waals surface area contributed by atoms with Crippen molar-refractivity contribution in [1.82, 2.24) is 19.9 Å². The largest absolute Gasteiger partial charge is 0.457 e. The normalized spacial score (nSPS) is 14.3. The second kappa shape index (κ2) is 11.1. The highest BCUT2D eigenvalue weighted by atomic mass is 79.9. The van der Waals surface area contributed by atoms with E-state index in [0.717, 1.165) is 43.1 Å². The molecule has 1 fully saturated rings. The van der Waals surface area contributed by atoms with E-state index in [-0.39, 0.29) is 24.0 Å². The monoisotopic (exact) mass is 556 g/mol. The van der Waals surface area contributed by atoms with Gasteiger partial charge in [-0.3, -0.25) is 4.79 Å². The van der Waals surface area contributed by atoms with Gasteiger partial charge in [0.25, 0.3) is 5.56 Å². The molecule has 0 bridgehead atoms. The molecular formula is C25H26BrClN6O2. The molecule has 0 saturated carbocycles. The summed E-state index contributed by atoms with van der Waals surface area (Å²) in [5, 5.41) is 7.15. The molecule has 4 aromatic rings. The van der Waals surface area contributed by atoms with Crippen LogP contribution in [0.15, 0.2) is 70.1 Å². The smallest absolute Gasteiger partial charge is 0.261 e. The molecular weight excluding hydrogens is 532 g/mol. The lowest BCUT2D eigenvalue weighted by atomic mass is 10.1. The lowest BCUT2D eigenvalue weighted by molar-refractivity contribution is 0.263. The van der Waals surface area contributed by atoms with Gasteiger partial charge in [-0.15, -0.1) is 12.4 Å². The van der Waals surface area contributed by atoms with E-state index in [2.05, 4.69) is 53.5 Å². The van der Waals surface area contributed by atoms with Gasteiger partial charge in [0.05, 0.1) is 9.99 Å². The molecule has 0 atom stereocenters. The third-order valence-electron chi connectivity index (χ3n) is 5.84. The molecule has 1 aliphatic heterocycles. The maximum atomic E-state index is 12.7. The summed E-state index contributed by atoms with van der Waals surface area (Å²) in [6.45, 7) is 2.05. The van der Waals surface area contributed by atoms with Crippen LogP contribution < -0.4 is 20.9 Å². The Morgan fingerprint density at radius 1 is 1.03 bits per heavy atom.